The third-order valence-corrected chi connectivity index (χ3v) is 2.80. The molecule has 0 N–H and O–H groups in total. The molecule has 1 aliphatic heterocycles. The number of rotatable bonds is 3. The lowest BCUT2D eigenvalue weighted by Crippen LogP contribution is -2.50. The molecule has 17 heavy (non-hydrogen) atoms. The van der Waals surface area contributed by atoms with Gasteiger partial charge in [0.05, 0.1) is 6.07 Å². The Bertz CT molecular complexity index is 325. The van der Waals surface area contributed by atoms with Crippen LogP contribution in [0.4, 0.5) is 0 Å². The number of piperazine rings is 1. The summed E-state index contributed by atoms with van der Waals surface area (Å²) in [5, 5.41) is 8.44. The first-order valence-electron chi connectivity index (χ1n) is 5.97. The van der Waals surface area contributed by atoms with Crippen molar-refractivity contribution in [3.8, 4) is 6.07 Å². The highest BCUT2D eigenvalue weighted by Gasteiger charge is 2.23. The number of hydrogen-bond acceptors (Lipinski definition) is 3. The molecule has 1 fully saturated rings. The molecule has 0 aromatic carbocycles. The predicted molar refractivity (Wildman–Crippen MR) is 62.8 cm³/mol. The van der Waals surface area contributed by atoms with Gasteiger partial charge in [-0.25, -0.2) is 0 Å². The fourth-order valence-corrected chi connectivity index (χ4v) is 1.86. The Morgan fingerprint density at radius 3 is 2.00 bits per heavy atom. The highest BCUT2D eigenvalue weighted by molar-refractivity contribution is 5.79. The summed E-state index contributed by atoms with van der Waals surface area (Å²) in [4.78, 5) is 26.7. The second kappa shape index (κ2) is 6.24. The Morgan fingerprint density at radius 2 is 1.59 bits per heavy atom. The summed E-state index contributed by atoms with van der Waals surface area (Å²) in [5.74, 6) is 0.386. The van der Waals surface area contributed by atoms with Crippen molar-refractivity contribution in [3.63, 3.8) is 0 Å². The molecule has 0 saturated carbocycles. The maximum atomic E-state index is 11.8. The first-order chi connectivity index (χ1) is 8.04. The molecule has 1 saturated heterocycles. The molecular formula is C12H19N3O2. The van der Waals surface area contributed by atoms with Gasteiger partial charge >= 0.3 is 0 Å². The zero-order valence-electron chi connectivity index (χ0n) is 10.5. The van der Waals surface area contributed by atoms with Crippen molar-refractivity contribution in [1.29, 1.82) is 5.26 Å². The molecule has 0 aliphatic carbocycles. The molecule has 94 valence electrons. The highest BCUT2D eigenvalue weighted by Crippen LogP contribution is 2.08. The van der Waals surface area contributed by atoms with Gasteiger partial charge in [-0.3, -0.25) is 9.59 Å². The molecule has 0 aromatic rings. The van der Waals surface area contributed by atoms with Crippen molar-refractivity contribution >= 4 is 11.8 Å². The molecule has 0 spiro atoms. The van der Waals surface area contributed by atoms with E-state index in [4.69, 9.17) is 5.26 Å². The lowest BCUT2D eigenvalue weighted by atomic mass is 10.1. The van der Waals surface area contributed by atoms with Crippen LogP contribution in [0.15, 0.2) is 0 Å². The zero-order chi connectivity index (χ0) is 12.8. The van der Waals surface area contributed by atoms with Crippen LogP contribution in [0.1, 0.15) is 26.7 Å². The molecule has 1 heterocycles. The number of hydrogen-bond donors (Lipinski definition) is 0. The summed E-state index contributed by atoms with van der Waals surface area (Å²) in [6.07, 6.45) is 0.492. The Morgan fingerprint density at radius 1 is 1.12 bits per heavy atom. The molecule has 1 rings (SSSR count). The van der Waals surface area contributed by atoms with Gasteiger partial charge in [-0.2, -0.15) is 5.26 Å². The third kappa shape index (κ3) is 4.06. The van der Waals surface area contributed by atoms with E-state index >= 15 is 0 Å². The quantitative estimate of drug-likeness (QED) is 0.722. The van der Waals surface area contributed by atoms with Crippen LogP contribution in [-0.2, 0) is 9.59 Å². The molecule has 5 nitrogen and oxygen atoms in total. The van der Waals surface area contributed by atoms with Gasteiger partial charge in [0.2, 0.25) is 11.8 Å². The topological polar surface area (TPSA) is 64.4 Å². The standard InChI is InChI=1S/C12H19N3O2/c1-10(2)9-12(17)15-7-5-14(6-8-15)11(16)3-4-13/h10H,3,5-9H2,1-2H3. The summed E-state index contributed by atoms with van der Waals surface area (Å²) >= 11 is 0. The molecule has 2 amide bonds. The molecule has 0 radical (unpaired) electrons. The molecule has 0 atom stereocenters. The second-order valence-corrected chi connectivity index (χ2v) is 4.69. The molecule has 1 aliphatic rings. The summed E-state index contributed by atoms with van der Waals surface area (Å²) < 4.78 is 0. The second-order valence-electron chi connectivity index (χ2n) is 4.69. The van der Waals surface area contributed by atoms with Crippen LogP contribution in [0.25, 0.3) is 0 Å². The van der Waals surface area contributed by atoms with Crippen LogP contribution in [0.2, 0.25) is 0 Å². The van der Waals surface area contributed by atoms with Crippen LogP contribution in [0.5, 0.6) is 0 Å². The third-order valence-electron chi connectivity index (χ3n) is 2.80. The lowest BCUT2D eigenvalue weighted by Gasteiger charge is -2.34. The van der Waals surface area contributed by atoms with E-state index in [1.165, 1.54) is 0 Å². The number of nitriles is 1. The number of amides is 2. The van der Waals surface area contributed by atoms with Gasteiger partial charge < -0.3 is 9.80 Å². The Kier molecular flexibility index (Phi) is 4.95. The molecule has 0 bridgehead atoms. The van der Waals surface area contributed by atoms with Crippen LogP contribution < -0.4 is 0 Å². The van der Waals surface area contributed by atoms with Gasteiger partial charge in [0.25, 0.3) is 0 Å². The molecule has 5 heteroatoms. The normalized spacial score (nSPS) is 15.9. The van der Waals surface area contributed by atoms with Crippen molar-refractivity contribution in [3.05, 3.63) is 0 Å². The van der Waals surface area contributed by atoms with Gasteiger partial charge in [0, 0.05) is 32.6 Å². The monoisotopic (exact) mass is 237 g/mol. The lowest BCUT2D eigenvalue weighted by molar-refractivity contribution is -0.139. The summed E-state index contributed by atoms with van der Waals surface area (Å²) in [7, 11) is 0. The van der Waals surface area contributed by atoms with Crippen LogP contribution in [-0.4, -0.2) is 47.8 Å². The SMILES string of the molecule is CC(C)CC(=O)N1CCN(C(=O)CC#N)CC1. The largest absolute Gasteiger partial charge is 0.339 e. The minimum atomic E-state index is -0.136. The minimum absolute atomic E-state index is 0.0695. The maximum absolute atomic E-state index is 11.8. The fourth-order valence-electron chi connectivity index (χ4n) is 1.86. The Balaban J connectivity index is 2.38. The van der Waals surface area contributed by atoms with Crippen LogP contribution >= 0.6 is 0 Å². The summed E-state index contributed by atoms with van der Waals surface area (Å²) in [6, 6.07) is 1.85. The van der Waals surface area contributed by atoms with Crippen molar-refractivity contribution in [1.82, 2.24) is 9.80 Å². The number of carbonyl (C=O) groups is 2. The summed E-state index contributed by atoms with van der Waals surface area (Å²) in [6.45, 7) is 6.30. The predicted octanol–water partition coefficient (Wildman–Crippen LogP) is 0.617. The molecule has 0 aromatic heterocycles. The maximum Gasteiger partial charge on any atom is 0.236 e. The van der Waals surface area contributed by atoms with E-state index in [0.29, 0.717) is 38.5 Å². The van der Waals surface area contributed by atoms with Gasteiger partial charge in [0.15, 0.2) is 0 Å². The Labute approximate surface area is 102 Å². The van der Waals surface area contributed by atoms with Crippen molar-refractivity contribution in [2.45, 2.75) is 26.7 Å². The van der Waals surface area contributed by atoms with E-state index in [2.05, 4.69) is 0 Å². The van der Waals surface area contributed by atoms with Gasteiger partial charge in [0.1, 0.15) is 6.42 Å². The van der Waals surface area contributed by atoms with E-state index in [-0.39, 0.29) is 18.2 Å². The zero-order valence-corrected chi connectivity index (χ0v) is 10.5. The van der Waals surface area contributed by atoms with Crippen molar-refractivity contribution in [2.75, 3.05) is 26.2 Å². The highest BCUT2D eigenvalue weighted by atomic mass is 16.2. The van der Waals surface area contributed by atoms with Crippen LogP contribution in [0.3, 0.4) is 0 Å². The van der Waals surface area contributed by atoms with E-state index in [1.54, 1.807) is 9.80 Å². The first-order valence-corrected chi connectivity index (χ1v) is 5.97. The average molecular weight is 237 g/mol. The molecular weight excluding hydrogens is 218 g/mol. The van der Waals surface area contributed by atoms with Crippen molar-refractivity contribution in [2.24, 2.45) is 5.92 Å². The van der Waals surface area contributed by atoms with Crippen molar-refractivity contribution < 1.29 is 9.59 Å². The van der Waals surface area contributed by atoms with E-state index in [0.717, 1.165) is 0 Å². The number of nitrogens with zero attached hydrogens (tertiary/aromatic N) is 3. The number of carbonyl (C=O) groups excluding carboxylic acids is 2. The van der Waals surface area contributed by atoms with Gasteiger partial charge in [-0.1, -0.05) is 13.8 Å². The summed E-state index contributed by atoms with van der Waals surface area (Å²) in [5.41, 5.74) is 0. The Hall–Kier alpha value is -1.57. The molecule has 0 unspecified atom stereocenters. The smallest absolute Gasteiger partial charge is 0.236 e. The average Bonchev–Trinajstić information content (AvgIpc) is 2.28. The van der Waals surface area contributed by atoms with Crippen LogP contribution in [0, 0.1) is 17.2 Å². The minimum Gasteiger partial charge on any atom is -0.339 e. The first kappa shape index (κ1) is 13.5. The fraction of sp³-hybridized carbons (Fsp3) is 0.750. The van der Waals surface area contributed by atoms with E-state index in [9.17, 15) is 9.59 Å². The van der Waals surface area contributed by atoms with E-state index < -0.39 is 0 Å². The van der Waals surface area contributed by atoms with Gasteiger partial charge in [-0.15, -0.1) is 0 Å². The van der Waals surface area contributed by atoms with Gasteiger partial charge in [-0.05, 0) is 5.92 Å². The van der Waals surface area contributed by atoms with E-state index in [1.807, 2.05) is 19.9 Å².